The Bertz CT molecular complexity index is 357. The molecule has 0 radical (unpaired) electrons. The fraction of sp³-hybridized carbons (Fsp3) is 0.462. The lowest BCUT2D eigenvalue weighted by Crippen LogP contribution is -2.32. The summed E-state index contributed by atoms with van der Waals surface area (Å²) in [7, 11) is 0. The van der Waals surface area contributed by atoms with E-state index in [0.29, 0.717) is 19.8 Å². The van der Waals surface area contributed by atoms with Gasteiger partial charge in [0.15, 0.2) is 0 Å². The minimum atomic E-state index is -0.192. The average Bonchev–Trinajstić information content (AvgIpc) is 2.30. The van der Waals surface area contributed by atoms with Crippen molar-refractivity contribution in [2.45, 2.75) is 20.8 Å². The third kappa shape index (κ3) is 4.44. The zero-order valence-corrected chi connectivity index (χ0v) is 10.7. The Morgan fingerprint density at radius 2 is 1.94 bits per heavy atom. The maximum atomic E-state index is 11.6. The number of hydrogen-bond donors (Lipinski definition) is 2. The number of nitrogens with one attached hydrogen (secondary N) is 2. The summed E-state index contributed by atoms with van der Waals surface area (Å²) in [5.41, 5.74) is 3.00. The van der Waals surface area contributed by atoms with E-state index in [1.165, 1.54) is 0 Å². The van der Waals surface area contributed by atoms with Crippen molar-refractivity contribution >= 4 is 11.7 Å². The molecule has 4 heteroatoms. The van der Waals surface area contributed by atoms with E-state index in [-0.39, 0.29) is 6.03 Å². The highest BCUT2D eigenvalue weighted by molar-refractivity contribution is 5.90. The van der Waals surface area contributed by atoms with Gasteiger partial charge >= 0.3 is 6.03 Å². The number of carbonyl (C=O) groups is 1. The van der Waals surface area contributed by atoms with Crippen molar-refractivity contribution < 1.29 is 9.53 Å². The quantitative estimate of drug-likeness (QED) is 0.772. The number of amides is 2. The first-order valence-electron chi connectivity index (χ1n) is 5.84. The van der Waals surface area contributed by atoms with E-state index >= 15 is 0 Å². The number of anilines is 1. The van der Waals surface area contributed by atoms with Gasteiger partial charge in [-0.1, -0.05) is 18.2 Å². The summed E-state index contributed by atoms with van der Waals surface area (Å²) in [5.74, 6) is 0. The number of ether oxygens (including phenoxy) is 1. The SMILES string of the molecule is CCOCCNC(=O)Nc1c(C)cccc1C. The first-order valence-corrected chi connectivity index (χ1v) is 5.84. The van der Waals surface area contributed by atoms with Gasteiger partial charge in [-0.25, -0.2) is 4.79 Å². The van der Waals surface area contributed by atoms with Crippen LogP contribution in [-0.2, 0) is 4.74 Å². The molecule has 0 unspecified atom stereocenters. The summed E-state index contributed by atoms with van der Waals surface area (Å²) in [6.45, 7) is 7.60. The van der Waals surface area contributed by atoms with E-state index in [9.17, 15) is 4.79 Å². The van der Waals surface area contributed by atoms with Crippen LogP contribution in [0.5, 0.6) is 0 Å². The molecule has 0 aliphatic rings. The van der Waals surface area contributed by atoms with Gasteiger partial charge in [-0.3, -0.25) is 0 Å². The Labute approximate surface area is 102 Å². The van der Waals surface area contributed by atoms with E-state index in [1.807, 2.05) is 39.0 Å². The van der Waals surface area contributed by atoms with Crippen LogP contribution in [0.4, 0.5) is 10.5 Å². The fourth-order valence-corrected chi connectivity index (χ4v) is 1.55. The molecule has 94 valence electrons. The second-order valence-corrected chi connectivity index (χ2v) is 3.84. The van der Waals surface area contributed by atoms with Crippen molar-refractivity contribution in [3.63, 3.8) is 0 Å². The predicted molar refractivity (Wildman–Crippen MR) is 69.4 cm³/mol. The van der Waals surface area contributed by atoms with Crippen LogP contribution in [0, 0.1) is 13.8 Å². The number of para-hydroxylation sites is 1. The normalized spacial score (nSPS) is 10.1. The number of carbonyl (C=O) groups excluding carboxylic acids is 1. The molecule has 2 N–H and O–H groups in total. The Balaban J connectivity index is 2.45. The van der Waals surface area contributed by atoms with E-state index in [2.05, 4.69) is 10.6 Å². The molecule has 0 fully saturated rings. The summed E-state index contributed by atoms with van der Waals surface area (Å²) in [6.07, 6.45) is 0. The summed E-state index contributed by atoms with van der Waals surface area (Å²) < 4.78 is 5.14. The largest absolute Gasteiger partial charge is 0.380 e. The van der Waals surface area contributed by atoms with Crippen molar-refractivity contribution in [1.29, 1.82) is 0 Å². The summed E-state index contributed by atoms with van der Waals surface area (Å²) in [5, 5.41) is 5.60. The molecule has 0 atom stereocenters. The van der Waals surface area contributed by atoms with E-state index in [4.69, 9.17) is 4.74 Å². The summed E-state index contributed by atoms with van der Waals surface area (Å²) in [4.78, 5) is 11.6. The molecule has 0 bridgehead atoms. The average molecular weight is 236 g/mol. The maximum absolute atomic E-state index is 11.6. The Kier molecular flexibility index (Phi) is 5.49. The highest BCUT2D eigenvalue weighted by atomic mass is 16.5. The lowest BCUT2D eigenvalue weighted by atomic mass is 10.1. The molecule has 0 aliphatic heterocycles. The fourth-order valence-electron chi connectivity index (χ4n) is 1.55. The Morgan fingerprint density at radius 3 is 2.53 bits per heavy atom. The molecule has 4 nitrogen and oxygen atoms in total. The predicted octanol–water partition coefficient (Wildman–Crippen LogP) is 2.46. The van der Waals surface area contributed by atoms with Crippen LogP contribution in [0.2, 0.25) is 0 Å². The summed E-state index contributed by atoms with van der Waals surface area (Å²) >= 11 is 0. The topological polar surface area (TPSA) is 50.4 Å². The van der Waals surface area contributed by atoms with Crippen molar-refractivity contribution in [2.24, 2.45) is 0 Å². The van der Waals surface area contributed by atoms with Gasteiger partial charge in [-0.2, -0.15) is 0 Å². The van der Waals surface area contributed by atoms with Gasteiger partial charge < -0.3 is 15.4 Å². The van der Waals surface area contributed by atoms with Crippen molar-refractivity contribution in [1.82, 2.24) is 5.32 Å². The maximum Gasteiger partial charge on any atom is 0.319 e. The van der Waals surface area contributed by atoms with Crippen LogP contribution in [0.15, 0.2) is 18.2 Å². The van der Waals surface area contributed by atoms with Crippen LogP contribution in [0.3, 0.4) is 0 Å². The smallest absolute Gasteiger partial charge is 0.319 e. The highest BCUT2D eigenvalue weighted by Crippen LogP contribution is 2.18. The monoisotopic (exact) mass is 236 g/mol. The van der Waals surface area contributed by atoms with Gasteiger partial charge in [0.1, 0.15) is 0 Å². The first kappa shape index (κ1) is 13.5. The lowest BCUT2D eigenvalue weighted by molar-refractivity contribution is 0.150. The molecule has 0 saturated heterocycles. The first-order chi connectivity index (χ1) is 8.15. The highest BCUT2D eigenvalue weighted by Gasteiger charge is 2.05. The number of benzene rings is 1. The van der Waals surface area contributed by atoms with Gasteiger partial charge in [-0.05, 0) is 31.9 Å². The standard InChI is InChI=1S/C13H20N2O2/c1-4-17-9-8-14-13(16)15-12-10(2)6-5-7-11(12)3/h5-7H,4,8-9H2,1-3H3,(H2,14,15,16). The second kappa shape index (κ2) is 6.91. The molecule has 2 amide bonds. The molecular weight excluding hydrogens is 216 g/mol. The van der Waals surface area contributed by atoms with Crippen LogP contribution in [-0.4, -0.2) is 25.8 Å². The minimum absolute atomic E-state index is 0.192. The molecule has 1 rings (SSSR count). The molecule has 17 heavy (non-hydrogen) atoms. The Morgan fingerprint density at radius 1 is 1.29 bits per heavy atom. The lowest BCUT2D eigenvalue weighted by Gasteiger charge is -2.12. The van der Waals surface area contributed by atoms with Gasteiger partial charge in [0.25, 0.3) is 0 Å². The van der Waals surface area contributed by atoms with Gasteiger partial charge in [0.05, 0.1) is 6.61 Å². The van der Waals surface area contributed by atoms with Crippen molar-refractivity contribution in [3.05, 3.63) is 29.3 Å². The van der Waals surface area contributed by atoms with Crippen LogP contribution >= 0.6 is 0 Å². The molecule has 0 aromatic heterocycles. The minimum Gasteiger partial charge on any atom is -0.380 e. The zero-order chi connectivity index (χ0) is 12.7. The van der Waals surface area contributed by atoms with E-state index in [1.54, 1.807) is 0 Å². The van der Waals surface area contributed by atoms with Gasteiger partial charge in [0.2, 0.25) is 0 Å². The van der Waals surface area contributed by atoms with Crippen molar-refractivity contribution in [2.75, 3.05) is 25.1 Å². The molecular formula is C13H20N2O2. The van der Waals surface area contributed by atoms with Crippen molar-refractivity contribution in [3.8, 4) is 0 Å². The third-order valence-corrected chi connectivity index (χ3v) is 2.46. The molecule has 1 aromatic rings. The molecule has 1 aromatic carbocycles. The van der Waals surface area contributed by atoms with Crippen LogP contribution in [0.1, 0.15) is 18.1 Å². The summed E-state index contributed by atoms with van der Waals surface area (Å²) in [6, 6.07) is 5.73. The molecule has 0 heterocycles. The number of rotatable bonds is 5. The number of aryl methyl sites for hydroxylation is 2. The number of hydrogen-bond acceptors (Lipinski definition) is 2. The second-order valence-electron chi connectivity index (χ2n) is 3.84. The van der Waals surface area contributed by atoms with Crippen LogP contribution < -0.4 is 10.6 Å². The van der Waals surface area contributed by atoms with Crippen LogP contribution in [0.25, 0.3) is 0 Å². The zero-order valence-electron chi connectivity index (χ0n) is 10.7. The van der Waals surface area contributed by atoms with E-state index < -0.39 is 0 Å². The molecule has 0 aliphatic carbocycles. The molecule has 0 spiro atoms. The van der Waals surface area contributed by atoms with Gasteiger partial charge in [-0.15, -0.1) is 0 Å². The molecule has 0 saturated carbocycles. The Hall–Kier alpha value is -1.55. The van der Waals surface area contributed by atoms with Gasteiger partial charge in [0, 0.05) is 18.8 Å². The third-order valence-electron chi connectivity index (χ3n) is 2.46. The number of urea groups is 1. The van der Waals surface area contributed by atoms with E-state index in [0.717, 1.165) is 16.8 Å².